The number of piperidine rings is 1. The van der Waals surface area contributed by atoms with Crippen LogP contribution in [-0.4, -0.2) is 27.6 Å². The maximum atomic E-state index is 4.29. The van der Waals surface area contributed by atoms with Crippen LogP contribution in [0.1, 0.15) is 12.8 Å². The molecule has 0 spiro atoms. The van der Waals surface area contributed by atoms with Crippen LogP contribution < -0.4 is 5.32 Å². The first-order valence-electron chi connectivity index (χ1n) is 6.55. The molecular formula is C14H18N4. The fraction of sp³-hybridized carbons (Fsp3) is 0.429. The molecule has 1 saturated heterocycles. The molecule has 1 aliphatic heterocycles. The molecule has 0 saturated carbocycles. The summed E-state index contributed by atoms with van der Waals surface area (Å²) in [7, 11) is 0. The van der Waals surface area contributed by atoms with Gasteiger partial charge in [-0.15, -0.1) is 0 Å². The van der Waals surface area contributed by atoms with E-state index < -0.39 is 0 Å². The third-order valence-corrected chi connectivity index (χ3v) is 3.60. The molecule has 0 radical (unpaired) electrons. The van der Waals surface area contributed by atoms with Gasteiger partial charge in [-0.3, -0.25) is 4.98 Å². The number of hydrogen-bond acceptors (Lipinski definition) is 3. The van der Waals surface area contributed by atoms with Crippen LogP contribution in [-0.2, 0) is 6.54 Å². The Balaban J connectivity index is 1.79. The number of nitrogens with zero attached hydrogens (tertiary/aromatic N) is 3. The first-order chi connectivity index (χ1) is 8.93. The number of pyridine rings is 1. The van der Waals surface area contributed by atoms with E-state index >= 15 is 0 Å². The lowest BCUT2D eigenvalue weighted by atomic mass is 9.98. The van der Waals surface area contributed by atoms with Crippen molar-refractivity contribution in [3.8, 4) is 11.3 Å². The lowest BCUT2D eigenvalue weighted by Crippen LogP contribution is -2.29. The van der Waals surface area contributed by atoms with E-state index in [0.717, 1.165) is 25.6 Å². The molecular weight excluding hydrogens is 224 g/mol. The zero-order valence-corrected chi connectivity index (χ0v) is 10.4. The van der Waals surface area contributed by atoms with E-state index in [9.17, 15) is 0 Å². The fourth-order valence-corrected chi connectivity index (χ4v) is 2.57. The first kappa shape index (κ1) is 11.4. The van der Waals surface area contributed by atoms with Gasteiger partial charge in [-0.05, 0) is 44.0 Å². The topological polar surface area (TPSA) is 42.7 Å². The minimum absolute atomic E-state index is 0.765. The van der Waals surface area contributed by atoms with Crippen molar-refractivity contribution in [1.82, 2.24) is 19.9 Å². The van der Waals surface area contributed by atoms with Crippen molar-refractivity contribution in [1.29, 1.82) is 0 Å². The van der Waals surface area contributed by atoms with Crippen LogP contribution in [0.25, 0.3) is 11.3 Å². The normalized spacial score (nSPS) is 16.9. The van der Waals surface area contributed by atoms with E-state index in [1.165, 1.54) is 24.1 Å². The van der Waals surface area contributed by atoms with Gasteiger partial charge in [0.05, 0.1) is 18.2 Å². The summed E-state index contributed by atoms with van der Waals surface area (Å²) >= 11 is 0. The van der Waals surface area contributed by atoms with Crippen molar-refractivity contribution in [2.24, 2.45) is 5.92 Å². The molecule has 1 fully saturated rings. The maximum absolute atomic E-state index is 4.29. The van der Waals surface area contributed by atoms with Gasteiger partial charge in [0.25, 0.3) is 0 Å². The molecule has 4 nitrogen and oxygen atoms in total. The van der Waals surface area contributed by atoms with Gasteiger partial charge in [0.1, 0.15) is 0 Å². The third kappa shape index (κ3) is 2.43. The van der Waals surface area contributed by atoms with E-state index in [2.05, 4.69) is 19.9 Å². The van der Waals surface area contributed by atoms with Crippen molar-refractivity contribution in [2.45, 2.75) is 19.4 Å². The fourth-order valence-electron chi connectivity index (χ4n) is 2.57. The minimum atomic E-state index is 0.765. The molecule has 3 heterocycles. The summed E-state index contributed by atoms with van der Waals surface area (Å²) in [5.74, 6) is 0.765. The second kappa shape index (κ2) is 5.31. The summed E-state index contributed by atoms with van der Waals surface area (Å²) in [6.07, 6.45) is 10.1. The lowest BCUT2D eigenvalue weighted by molar-refractivity contribution is 0.334. The van der Waals surface area contributed by atoms with Crippen molar-refractivity contribution >= 4 is 0 Å². The van der Waals surface area contributed by atoms with Crippen LogP contribution in [0, 0.1) is 5.92 Å². The highest BCUT2D eigenvalue weighted by atomic mass is 15.0. The average Bonchev–Trinajstić information content (AvgIpc) is 2.89. The van der Waals surface area contributed by atoms with Gasteiger partial charge in [-0.25, -0.2) is 4.98 Å². The van der Waals surface area contributed by atoms with E-state index in [0.29, 0.717) is 0 Å². The number of aromatic nitrogens is 3. The first-order valence-corrected chi connectivity index (χ1v) is 6.55. The Morgan fingerprint density at radius 2 is 1.94 bits per heavy atom. The van der Waals surface area contributed by atoms with Crippen molar-refractivity contribution in [3.05, 3.63) is 37.1 Å². The molecule has 2 aromatic heterocycles. The van der Waals surface area contributed by atoms with E-state index in [-0.39, 0.29) is 0 Å². The quantitative estimate of drug-likeness (QED) is 0.894. The monoisotopic (exact) mass is 242 g/mol. The SMILES string of the molecule is c1cc(-c2cncn2CC2CCNCC2)ccn1. The highest BCUT2D eigenvalue weighted by Crippen LogP contribution is 2.21. The Bertz CT molecular complexity index is 486. The van der Waals surface area contributed by atoms with Gasteiger partial charge < -0.3 is 9.88 Å². The number of hydrogen-bond donors (Lipinski definition) is 1. The summed E-state index contributed by atoms with van der Waals surface area (Å²) in [6.45, 7) is 3.35. The van der Waals surface area contributed by atoms with Crippen LogP contribution in [0.15, 0.2) is 37.1 Å². The van der Waals surface area contributed by atoms with Gasteiger partial charge in [0, 0.05) is 24.5 Å². The Morgan fingerprint density at radius 1 is 1.17 bits per heavy atom. The van der Waals surface area contributed by atoms with E-state index in [1.54, 1.807) is 0 Å². The van der Waals surface area contributed by atoms with E-state index in [1.807, 2.05) is 37.1 Å². The van der Waals surface area contributed by atoms with Gasteiger partial charge in [-0.2, -0.15) is 0 Å². The van der Waals surface area contributed by atoms with Gasteiger partial charge in [0.2, 0.25) is 0 Å². The third-order valence-electron chi connectivity index (χ3n) is 3.60. The Kier molecular flexibility index (Phi) is 3.37. The molecule has 0 bridgehead atoms. The number of rotatable bonds is 3. The predicted octanol–water partition coefficient (Wildman–Crippen LogP) is 1.94. The van der Waals surface area contributed by atoms with Crippen LogP contribution in [0.5, 0.6) is 0 Å². The molecule has 1 aliphatic rings. The van der Waals surface area contributed by atoms with Gasteiger partial charge in [-0.1, -0.05) is 0 Å². The van der Waals surface area contributed by atoms with Crippen LogP contribution in [0.2, 0.25) is 0 Å². The molecule has 18 heavy (non-hydrogen) atoms. The average molecular weight is 242 g/mol. The van der Waals surface area contributed by atoms with Crippen LogP contribution in [0.4, 0.5) is 0 Å². The van der Waals surface area contributed by atoms with Gasteiger partial charge >= 0.3 is 0 Å². The summed E-state index contributed by atoms with van der Waals surface area (Å²) in [6, 6.07) is 4.08. The predicted molar refractivity (Wildman–Crippen MR) is 71.1 cm³/mol. The zero-order valence-electron chi connectivity index (χ0n) is 10.4. The van der Waals surface area contributed by atoms with Crippen molar-refractivity contribution in [2.75, 3.05) is 13.1 Å². The second-order valence-corrected chi connectivity index (χ2v) is 4.86. The maximum Gasteiger partial charge on any atom is 0.0951 e. The Morgan fingerprint density at radius 3 is 2.72 bits per heavy atom. The molecule has 2 aromatic rings. The molecule has 0 amide bonds. The minimum Gasteiger partial charge on any atom is -0.330 e. The molecule has 1 N–H and O–H groups in total. The van der Waals surface area contributed by atoms with Crippen LogP contribution >= 0.6 is 0 Å². The standard InChI is InChI=1S/C14H18N4/c1-5-15-6-2-12(1)10-18-11-17-9-14(18)13-3-7-16-8-4-13/h3-4,7-9,11-12,15H,1-2,5-6,10H2. The summed E-state index contributed by atoms with van der Waals surface area (Å²) in [5, 5.41) is 3.41. The number of nitrogens with one attached hydrogen (secondary N) is 1. The highest BCUT2D eigenvalue weighted by molar-refractivity contribution is 5.57. The van der Waals surface area contributed by atoms with Crippen molar-refractivity contribution in [3.63, 3.8) is 0 Å². The molecule has 0 aliphatic carbocycles. The largest absolute Gasteiger partial charge is 0.330 e. The Hall–Kier alpha value is -1.68. The van der Waals surface area contributed by atoms with E-state index in [4.69, 9.17) is 0 Å². The van der Waals surface area contributed by atoms with Crippen molar-refractivity contribution < 1.29 is 0 Å². The van der Waals surface area contributed by atoms with Crippen LogP contribution in [0.3, 0.4) is 0 Å². The Labute approximate surface area is 107 Å². The number of imidazole rings is 1. The molecule has 4 heteroatoms. The van der Waals surface area contributed by atoms with Gasteiger partial charge in [0.15, 0.2) is 0 Å². The lowest BCUT2D eigenvalue weighted by Gasteiger charge is -2.23. The molecule has 0 aromatic carbocycles. The molecule has 0 atom stereocenters. The highest BCUT2D eigenvalue weighted by Gasteiger charge is 2.15. The summed E-state index contributed by atoms with van der Waals surface area (Å²) < 4.78 is 2.27. The molecule has 0 unspecified atom stereocenters. The summed E-state index contributed by atoms with van der Waals surface area (Å²) in [5.41, 5.74) is 2.38. The summed E-state index contributed by atoms with van der Waals surface area (Å²) in [4.78, 5) is 8.35. The second-order valence-electron chi connectivity index (χ2n) is 4.86. The molecule has 3 rings (SSSR count). The molecule has 94 valence electrons. The zero-order chi connectivity index (χ0) is 12.2. The smallest absolute Gasteiger partial charge is 0.0951 e.